The summed E-state index contributed by atoms with van der Waals surface area (Å²) >= 11 is 0. The zero-order chi connectivity index (χ0) is 13.1. The first-order valence-corrected chi connectivity index (χ1v) is 6.53. The average molecular weight is 250 g/mol. The summed E-state index contributed by atoms with van der Waals surface area (Å²) in [5.74, 6) is 0.182. The Morgan fingerprint density at radius 2 is 2.22 bits per heavy atom. The van der Waals surface area contributed by atoms with Gasteiger partial charge in [-0.3, -0.25) is 9.59 Å². The second-order valence-electron chi connectivity index (χ2n) is 5.84. The molecule has 4 heteroatoms. The SMILES string of the molecule is CC(=O)O[C@@H]1CC[C@H](C)[C@]2(C)C1=CC(=O)C1O[C@@H]12. The minimum absolute atomic E-state index is 0.0154. The Balaban J connectivity index is 1.99. The number of ether oxygens (including phenoxy) is 2. The van der Waals surface area contributed by atoms with Crippen molar-refractivity contribution in [3.05, 3.63) is 11.6 Å². The summed E-state index contributed by atoms with van der Waals surface area (Å²) < 4.78 is 10.9. The van der Waals surface area contributed by atoms with E-state index in [1.807, 2.05) is 0 Å². The van der Waals surface area contributed by atoms with Gasteiger partial charge in [-0.1, -0.05) is 13.8 Å². The highest BCUT2D eigenvalue weighted by Gasteiger charge is 2.63. The van der Waals surface area contributed by atoms with Crippen LogP contribution in [0.2, 0.25) is 0 Å². The van der Waals surface area contributed by atoms with Crippen LogP contribution in [0.4, 0.5) is 0 Å². The van der Waals surface area contributed by atoms with Crippen LogP contribution in [0, 0.1) is 11.3 Å². The van der Waals surface area contributed by atoms with Crippen LogP contribution in [-0.2, 0) is 19.1 Å². The molecule has 98 valence electrons. The lowest BCUT2D eigenvalue weighted by molar-refractivity contribution is -0.147. The van der Waals surface area contributed by atoms with E-state index in [-0.39, 0.29) is 35.5 Å². The highest BCUT2D eigenvalue weighted by Crippen LogP contribution is 2.57. The molecule has 4 nitrogen and oxygen atoms in total. The molecule has 0 N–H and O–H groups in total. The number of carbonyl (C=O) groups excluding carboxylic acids is 2. The molecule has 1 heterocycles. The second kappa shape index (κ2) is 3.67. The topological polar surface area (TPSA) is 55.9 Å². The third-order valence-corrected chi connectivity index (χ3v) is 4.82. The van der Waals surface area contributed by atoms with Gasteiger partial charge in [-0.25, -0.2) is 0 Å². The standard InChI is InChI=1S/C14H18O4/c1-7-4-5-11(17-8(2)15)9-6-10(16)12-13(18-12)14(7,9)3/h6-7,11-13H,4-5H2,1-3H3/t7-,11+,12?,13-,14+/m0/s1. The molecule has 0 aromatic heterocycles. The quantitative estimate of drug-likeness (QED) is 0.524. The van der Waals surface area contributed by atoms with Crippen LogP contribution < -0.4 is 0 Å². The van der Waals surface area contributed by atoms with E-state index in [9.17, 15) is 9.59 Å². The van der Waals surface area contributed by atoms with E-state index in [0.29, 0.717) is 5.92 Å². The summed E-state index contributed by atoms with van der Waals surface area (Å²) in [6.45, 7) is 5.74. The molecule has 1 aliphatic heterocycles. The molecule has 18 heavy (non-hydrogen) atoms. The maximum absolute atomic E-state index is 11.8. The van der Waals surface area contributed by atoms with Crippen molar-refractivity contribution in [2.45, 2.75) is 51.9 Å². The van der Waals surface area contributed by atoms with Gasteiger partial charge in [0.05, 0.1) is 0 Å². The number of rotatable bonds is 1. The zero-order valence-electron chi connectivity index (χ0n) is 10.9. The predicted molar refractivity (Wildman–Crippen MR) is 63.8 cm³/mol. The third kappa shape index (κ3) is 1.48. The molecule has 0 radical (unpaired) electrons. The molecule has 1 saturated heterocycles. The molecule has 0 amide bonds. The smallest absolute Gasteiger partial charge is 0.303 e. The van der Waals surface area contributed by atoms with E-state index >= 15 is 0 Å². The summed E-state index contributed by atoms with van der Waals surface area (Å²) in [6, 6.07) is 0. The fourth-order valence-electron chi connectivity index (χ4n) is 3.52. The predicted octanol–water partition coefficient (Wildman–Crippen LogP) is 1.63. The maximum atomic E-state index is 11.8. The minimum atomic E-state index is -0.288. The van der Waals surface area contributed by atoms with Crippen molar-refractivity contribution in [1.29, 1.82) is 0 Å². The molecular weight excluding hydrogens is 232 g/mol. The molecule has 0 aromatic rings. The van der Waals surface area contributed by atoms with Crippen molar-refractivity contribution in [3.8, 4) is 0 Å². The number of carbonyl (C=O) groups is 2. The third-order valence-electron chi connectivity index (χ3n) is 4.82. The summed E-state index contributed by atoms with van der Waals surface area (Å²) in [4.78, 5) is 23.0. The Morgan fingerprint density at radius 1 is 1.50 bits per heavy atom. The summed E-state index contributed by atoms with van der Waals surface area (Å²) in [7, 11) is 0. The van der Waals surface area contributed by atoms with Crippen molar-refractivity contribution >= 4 is 11.8 Å². The van der Waals surface area contributed by atoms with Gasteiger partial charge in [-0.15, -0.1) is 0 Å². The maximum Gasteiger partial charge on any atom is 0.303 e. The van der Waals surface area contributed by atoms with Crippen molar-refractivity contribution in [3.63, 3.8) is 0 Å². The van der Waals surface area contributed by atoms with Gasteiger partial charge >= 0.3 is 5.97 Å². The monoisotopic (exact) mass is 250 g/mol. The molecule has 0 bridgehead atoms. The van der Waals surface area contributed by atoms with Crippen molar-refractivity contribution in [2.24, 2.45) is 11.3 Å². The van der Waals surface area contributed by atoms with Crippen LogP contribution in [0.25, 0.3) is 0 Å². The van der Waals surface area contributed by atoms with E-state index in [2.05, 4.69) is 13.8 Å². The first-order valence-electron chi connectivity index (χ1n) is 6.53. The van der Waals surface area contributed by atoms with Crippen molar-refractivity contribution in [1.82, 2.24) is 0 Å². The number of epoxide rings is 1. The number of hydrogen-bond acceptors (Lipinski definition) is 4. The van der Waals surface area contributed by atoms with Crippen LogP contribution in [0.15, 0.2) is 11.6 Å². The summed E-state index contributed by atoms with van der Waals surface area (Å²) in [6.07, 6.45) is 2.94. The molecule has 0 aromatic carbocycles. The Labute approximate surface area is 106 Å². The molecule has 2 aliphatic carbocycles. The van der Waals surface area contributed by atoms with Gasteiger partial charge < -0.3 is 9.47 Å². The van der Waals surface area contributed by atoms with Gasteiger partial charge in [0.15, 0.2) is 5.78 Å². The van der Waals surface area contributed by atoms with Gasteiger partial charge in [-0.2, -0.15) is 0 Å². The Kier molecular flexibility index (Phi) is 2.43. The van der Waals surface area contributed by atoms with Gasteiger partial charge in [-0.05, 0) is 30.4 Å². The lowest BCUT2D eigenvalue weighted by atomic mass is 9.59. The van der Waals surface area contributed by atoms with Crippen LogP contribution in [-0.4, -0.2) is 30.1 Å². The van der Waals surface area contributed by atoms with E-state index in [1.54, 1.807) is 6.08 Å². The zero-order valence-corrected chi connectivity index (χ0v) is 10.9. The van der Waals surface area contributed by atoms with E-state index in [0.717, 1.165) is 18.4 Å². The number of esters is 1. The lowest BCUT2D eigenvalue weighted by Gasteiger charge is -2.45. The van der Waals surface area contributed by atoms with Crippen LogP contribution in [0.1, 0.15) is 33.6 Å². The molecule has 0 spiro atoms. The summed E-state index contributed by atoms with van der Waals surface area (Å²) in [5, 5.41) is 0. The molecule has 3 aliphatic rings. The van der Waals surface area contributed by atoms with E-state index in [4.69, 9.17) is 9.47 Å². The minimum Gasteiger partial charge on any atom is -0.458 e. The Morgan fingerprint density at radius 3 is 2.89 bits per heavy atom. The van der Waals surface area contributed by atoms with Gasteiger partial charge in [0, 0.05) is 12.3 Å². The summed E-state index contributed by atoms with van der Waals surface area (Å²) in [5.41, 5.74) is 0.803. The Hall–Kier alpha value is -1.16. The number of fused-ring (bicyclic) bond motifs is 3. The first-order chi connectivity index (χ1) is 8.44. The lowest BCUT2D eigenvalue weighted by Crippen LogP contribution is -2.47. The van der Waals surface area contributed by atoms with E-state index < -0.39 is 0 Å². The van der Waals surface area contributed by atoms with Gasteiger partial charge in [0.2, 0.25) is 0 Å². The van der Waals surface area contributed by atoms with Crippen molar-refractivity contribution < 1.29 is 19.1 Å². The molecular formula is C14H18O4. The van der Waals surface area contributed by atoms with Crippen molar-refractivity contribution in [2.75, 3.05) is 0 Å². The number of hydrogen-bond donors (Lipinski definition) is 0. The first kappa shape index (κ1) is 11.9. The molecule has 3 rings (SSSR count). The normalized spacial score (nSPS) is 45.7. The fraction of sp³-hybridized carbons (Fsp3) is 0.714. The Bertz CT molecular complexity index is 453. The molecule has 5 atom stereocenters. The second-order valence-corrected chi connectivity index (χ2v) is 5.84. The fourth-order valence-corrected chi connectivity index (χ4v) is 3.52. The van der Waals surface area contributed by atoms with Gasteiger partial charge in [0.1, 0.15) is 18.3 Å². The number of ketones is 1. The molecule has 1 unspecified atom stereocenters. The molecule has 2 fully saturated rings. The highest BCUT2D eigenvalue weighted by atomic mass is 16.6. The van der Waals surface area contributed by atoms with Crippen LogP contribution >= 0.6 is 0 Å². The van der Waals surface area contributed by atoms with Crippen LogP contribution in [0.5, 0.6) is 0 Å². The molecule has 1 saturated carbocycles. The highest BCUT2D eigenvalue weighted by molar-refractivity contribution is 5.98. The van der Waals surface area contributed by atoms with E-state index in [1.165, 1.54) is 6.92 Å². The largest absolute Gasteiger partial charge is 0.458 e. The van der Waals surface area contributed by atoms with Crippen LogP contribution in [0.3, 0.4) is 0 Å². The van der Waals surface area contributed by atoms with Gasteiger partial charge in [0.25, 0.3) is 0 Å². The average Bonchev–Trinajstić information content (AvgIpc) is 3.07.